The lowest BCUT2D eigenvalue weighted by Gasteiger charge is -2.19. The zero-order valence-electron chi connectivity index (χ0n) is 14.8. The van der Waals surface area contributed by atoms with Gasteiger partial charge >= 0.3 is 5.97 Å². The summed E-state index contributed by atoms with van der Waals surface area (Å²) in [5, 5.41) is 12.0. The van der Waals surface area contributed by atoms with E-state index in [0.717, 1.165) is 0 Å². The maximum absolute atomic E-state index is 12.5. The average molecular weight is 359 g/mol. The molecule has 138 valence electrons. The van der Waals surface area contributed by atoms with E-state index in [4.69, 9.17) is 14.2 Å². The minimum Gasteiger partial charge on any atom is -0.497 e. The molecule has 0 unspecified atom stereocenters. The van der Waals surface area contributed by atoms with Gasteiger partial charge in [-0.2, -0.15) is 0 Å². The van der Waals surface area contributed by atoms with Gasteiger partial charge in [0.25, 0.3) is 5.91 Å². The van der Waals surface area contributed by atoms with E-state index in [1.807, 2.05) is 0 Å². The molecule has 0 saturated heterocycles. The normalized spacial score (nSPS) is 11.3. The molecule has 0 spiro atoms. The van der Waals surface area contributed by atoms with Gasteiger partial charge in [0.05, 0.1) is 33.8 Å². The number of hydrogen-bond acceptors (Lipinski definition) is 5. The van der Waals surface area contributed by atoms with Gasteiger partial charge in [0.2, 0.25) is 0 Å². The number of carboxylic acid groups (broad SMARTS) is 1. The number of rotatable bonds is 8. The van der Waals surface area contributed by atoms with Crippen molar-refractivity contribution in [3.8, 4) is 17.2 Å². The van der Waals surface area contributed by atoms with Gasteiger partial charge in [-0.15, -0.1) is 0 Å². The molecule has 2 aromatic rings. The van der Waals surface area contributed by atoms with E-state index >= 15 is 0 Å². The molecule has 2 N–H and O–H groups in total. The van der Waals surface area contributed by atoms with Crippen LogP contribution in [-0.4, -0.2) is 38.3 Å². The van der Waals surface area contributed by atoms with Crippen LogP contribution >= 0.6 is 0 Å². The summed E-state index contributed by atoms with van der Waals surface area (Å²) in [5.41, 5.74) is 1.01. The van der Waals surface area contributed by atoms with Crippen LogP contribution in [0.1, 0.15) is 28.4 Å². The Morgan fingerprint density at radius 1 is 0.962 bits per heavy atom. The molecule has 26 heavy (non-hydrogen) atoms. The van der Waals surface area contributed by atoms with Crippen LogP contribution in [0.4, 0.5) is 0 Å². The lowest BCUT2D eigenvalue weighted by atomic mass is 10.0. The van der Waals surface area contributed by atoms with Crippen molar-refractivity contribution in [1.29, 1.82) is 0 Å². The van der Waals surface area contributed by atoms with Gasteiger partial charge in [0, 0.05) is 5.56 Å². The number of benzene rings is 2. The van der Waals surface area contributed by atoms with E-state index in [1.54, 1.807) is 42.5 Å². The van der Waals surface area contributed by atoms with Gasteiger partial charge in [-0.05, 0) is 42.0 Å². The standard InChI is InChI=1S/C19H21NO6/c1-24-14-7-4-12(5-8-14)19(23)20-15(11-18(21)22)13-6-9-16(25-2)17(10-13)26-3/h4-10,15H,11H2,1-3H3,(H,20,23)(H,21,22)/t15-/m1/s1. The topological polar surface area (TPSA) is 94.1 Å². The minimum absolute atomic E-state index is 0.266. The summed E-state index contributed by atoms with van der Waals surface area (Å²) in [6, 6.07) is 10.9. The first-order valence-corrected chi connectivity index (χ1v) is 7.87. The van der Waals surface area contributed by atoms with Gasteiger partial charge < -0.3 is 24.6 Å². The number of nitrogens with one attached hydrogen (secondary N) is 1. The lowest BCUT2D eigenvalue weighted by Crippen LogP contribution is -2.30. The number of carbonyl (C=O) groups is 2. The molecular formula is C19H21NO6. The first kappa shape index (κ1) is 19.1. The minimum atomic E-state index is -1.03. The highest BCUT2D eigenvalue weighted by Gasteiger charge is 2.20. The third-order valence-electron chi connectivity index (χ3n) is 3.85. The van der Waals surface area contributed by atoms with Gasteiger partial charge in [-0.3, -0.25) is 9.59 Å². The second kappa shape index (κ2) is 8.75. The zero-order chi connectivity index (χ0) is 19.1. The highest BCUT2D eigenvalue weighted by Crippen LogP contribution is 2.31. The Hall–Kier alpha value is -3.22. The number of methoxy groups -OCH3 is 3. The van der Waals surface area contributed by atoms with Crippen molar-refractivity contribution < 1.29 is 28.9 Å². The number of aliphatic carboxylic acids is 1. The number of carboxylic acids is 1. The quantitative estimate of drug-likeness (QED) is 0.753. The average Bonchev–Trinajstić information content (AvgIpc) is 2.66. The summed E-state index contributed by atoms with van der Waals surface area (Å²) in [4.78, 5) is 23.7. The van der Waals surface area contributed by atoms with Crippen molar-refractivity contribution in [2.45, 2.75) is 12.5 Å². The predicted molar refractivity (Wildman–Crippen MR) is 95.0 cm³/mol. The van der Waals surface area contributed by atoms with Gasteiger partial charge in [-0.25, -0.2) is 0 Å². The molecule has 1 amide bonds. The zero-order valence-corrected chi connectivity index (χ0v) is 14.8. The van der Waals surface area contributed by atoms with Crippen molar-refractivity contribution in [3.05, 3.63) is 53.6 Å². The van der Waals surface area contributed by atoms with Gasteiger partial charge in [0.1, 0.15) is 5.75 Å². The smallest absolute Gasteiger partial charge is 0.305 e. The Morgan fingerprint density at radius 2 is 1.62 bits per heavy atom. The van der Waals surface area contributed by atoms with Gasteiger partial charge in [-0.1, -0.05) is 6.07 Å². The number of hydrogen-bond donors (Lipinski definition) is 2. The molecular weight excluding hydrogens is 338 g/mol. The predicted octanol–water partition coefficient (Wildman–Crippen LogP) is 2.66. The Balaban J connectivity index is 2.26. The van der Waals surface area contributed by atoms with Crippen LogP contribution in [0.25, 0.3) is 0 Å². The van der Waals surface area contributed by atoms with E-state index in [9.17, 15) is 14.7 Å². The van der Waals surface area contributed by atoms with Crippen LogP contribution < -0.4 is 19.5 Å². The number of amides is 1. The molecule has 1 atom stereocenters. The fraction of sp³-hybridized carbons (Fsp3) is 0.263. The van der Waals surface area contributed by atoms with Crippen LogP contribution in [-0.2, 0) is 4.79 Å². The molecule has 0 saturated carbocycles. The highest BCUT2D eigenvalue weighted by atomic mass is 16.5. The van der Waals surface area contributed by atoms with Gasteiger partial charge in [0.15, 0.2) is 11.5 Å². The fourth-order valence-electron chi connectivity index (χ4n) is 2.48. The summed E-state index contributed by atoms with van der Waals surface area (Å²) in [6.07, 6.45) is -0.266. The second-order valence-corrected chi connectivity index (χ2v) is 5.47. The Labute approximate surface area is 151 Å². The second-order valence-electron chi connectivity index (χ2n) is 5.47. The SMILES string of the molecule is COc1ccc(C(=O)N[C@H](CC(=O)O)c2ccc(OC)c(OC)c2)cc1. The molecule has 0 bridgehead atoms. The molecule has 2 rings (SSSR count). The summed E-state index contributed by atoms with van der Waals surface area (Å²) >= 11 is 0. The van der Waals surface area contributed by atoms with Crippen LogP contribution in [0, 0.1) is 0 Å². The third kappa shape index (κ3) is 4.66. The van der Waals surface area contributed by atoms with E-state index < -0.39 is 12.0 Å². The number of carbonyl (C=O) groups excluding carboxylic acids is 1. The molecule has 0 aliphatic carbocycles. The van der Waals surface area contributed by atoms with E-state index in [-0.39, 0.29) is 12.3 Å². The van der Waals surface area contributed by atoms with E-state index in [2.05, 4.69) is 5.32 Å². The maximum Gasteiger partial charge on any atom is 0.305 e. The van der Waals surface area contributed by atoms with Crippen molar-refractivity contribution >= 4 is 11.9 Å². The molecule has 0 fully saturated rings. The molecule has 7 nitrogen and oxygen atoms in total. The molecule has 2 aromatic carbocycles. The molecule has 0 aliphatic heterocycles. The molecule has 0 aliphatic rings. The van der Waals surface area contributed by atoms with Crippen molar-refractivity contribution in [2.24, 2.45) is 0 Å². The van der Waals surface area contributed by atoms with Crippen LogP contribution in [0.3, 0.4) is 0 Å². The molecule has 0 aromatic heterocycles. The maximum atomic E-state index is 12.5. The first-order valence-electron chi connectivity index (χ1n) is 7.87. The Kier molecular flexibility index (Phi) is 6.43. The highest BCUT2D eigenvalue weighted by molar-refractivity contribution is 5.94. The van der Waals surface area contributed by atoms with Crippen LogP contribution in [0.2, 0.25) is 0 Å². The van der Waals surface area contributed by atoms with E-state index in [0.29, 0.717) is 28.4 Å². The largest absolute Gasteiger partial charge is 0.497 e. The third-order valence-corrected chi connectivity index (χ3v) is 3.85. The molecule has 0 heterocycles. The summed E-state index contributed by atoms with van der Waals surface area (Å²) in [7, 11) is 4.54. The van der Waals surface area contributed by atoms with Crippen LogP contribution in [0.5, 0.6) is 17.2 Å². The lowest BCUT2D eigenvalue weighted by molar-refractivity contribution is -0.137. The first-order chi connectivity index (χ1) is 12.5. The van der Waals surface area contributed by atoms with Crippen molar-refractivity contribution in [2.75, 3.05) is 21.3 Å². The van der Waals surface area contributed by atoms with E-state index in [1.165, 1.54) is 21.3 Å². The fourth-order valence-corrected chi connectivity index (χ4v) is 2.48. The molecule has 0 radical (unpaired) electrons. The van der Waals surface area contributed by atoms with Crippen LogP contribution in [0.15, 0.2) is 42.5 Å². The summed E-state index contributed by atoms with van der Waals surface area (Å²) < 4.78 is 15.5. The molecule has 7 heteroatoms. The van der Waals surface area contributed by atoms with Crippen molar-refractivity contribution in [1.82, 2.24) is 5.32 Å². The monoisotopic (exact) mass is 359 g/mol. The Bertz CT molecular complexity index is 772. The van der Waals surface area contributed by atoms with Crippen molar-refractivity contribution in [3.63, 3.8) is 0 Å². The number of ether oxygens (including phenoxy) is 3. The summed E-state index contributed by atoms with van der Waals surface area (Å²) in [5.74, 6) is 0.197. The Morgan fingerprint density at radius 3 is 2.15 bits per heavy atom. The summed E-state index contributed by atoms with van der Waals surface area (Å²) in [6.45, 7) is 0.